The summed E-state index contributed by atoms with van der Waals surface area (Å²) in [4.78, 5) is 3.78. The quantitative estimate of drug-likeness (QED) is 0.740. The molecule has 0 unspecified atom stereocenters. The molecule has 2 aromatic carbocycles. The third-order valence-corrected chi connectivity index (χ3v) is 4.77. The van der Waals surface area contributed by atoms with Gasteiger partial charge in [0.2, 0.25) is 10.0 Å². The lowest BCUT2D eigenvalue weighted by Crippen LogP contribution is -2.23. The van der Waals surface area contributed by atoms with Crippen LogP contribution in [0.2, 0.25) is 0 Å². The molecule has 124 valence electrons. The van der Waals surface area contributed by atoms with Crippen LogP contribution in [0, 0.1) is 5.82 Å². The molecule has 3 rings (SSSR count). The van der Waals surface area contributed by atoms with Gasteiger partial charge in [0.25, 0.3) is 0 Å². The molecule has 3 aromatic rings. The van der Waals surface area contributed by atoms with Gasteiger partial charge < -0.3 is 0 Å². The smallest absolute Gasteiger partial charge is 0.240 e. The number of halogens is 1. The van der Waals surface area contributed by atoms with Crippen molar-refractivity contribution in [1.82, 2.24) is 19.5 Å². The van der Waals surface area contributed by atoms with Crippen LogP contribution >= 0.6 is 0 Å². The topological polar surface area (TPSA) is 76.9 Å². The fourth-order valence-corrected chi connectivity index (χ4v) is 3.28. The van der Waals surface area contributed by atoms with E-state index in [1.165, 1.54) is 24.5 Å². The average Bonchev–Trinajstić information content (AvgIpc) is 3.06. The number of hydrogen-bond acceptors (Lipinski definition) is 4. The van der Waals surface area contributed by atoms with Gasteiger partial charge >= 0.3 is 0 Å². The van der Waals surface area contributed by atoms with E-state index in [1.807, 2.05) is 24.3 Å². The number of nitrogens with one attached hydrogen (secondary N) is 1. The zero-order chi connectivity index (χ0) is 17.0. The lowest BCUT2D eigenvalue weighted by molar-refractivity contribution is 0.577. The molecule has 0 aliphatic rings. The van der Waals surface area contributed by atoms with Gasteiger partial charge in [0, 0.05) is 6.54 Å². The van der Waals surface area contributed by atoms with Gasteiger partial charge in [-0.05, 0) is 29.3 Å². The molecule has 6 nitrogen and oxygen atoms in total. The Labute approximate surface area is 139 Å². The Hall–Kier alpha value is -2.58. The van der Waals surface area contributed by atoms with Gasteiger partial charge in [-0.3, -0.25) is 0 Å². The van der Waals surface area contributed by atoms with Crippen LogP contribution in [0.3, 0.4) is 0 Å². The molecule has 0 aliphatic heterocycles. The van der Waals surface area contributed by atoms with Gasteiger partial charge in [0.05, 0.1) is 11.4 Å². The lowest BCUT2D eigenvalue weighted by atomic mass is 10.1. The Morgan fingerprint density at radius 1 is 1.08 bits per heavy atom. The van der Waals surface area contributed by atoms with Crippen LogP contribution in [-0.2, 0) is 23.1 Å². The van der Waals surface area contributed by atoms with E-state index in [4.69, 9.17) is 0 Å². The first kappa shape index (κ1) is 16.3. The highest BCUT2D eigenvalue weighted by atomic mass is 32.2. The van der Waals surface area contributed by atoms with E-state index in [0.29, 0.717) is 6.54 Å². The number of nitrogens with zero attached hydrogens (tertiary/aromatic N) is 3. The fraction of sp³-hybridized carbons (Fsp3) is 0.125. The van der Waals surface area contributed by atoms with Crippen molar-refractivity contribution in [3.63, 3.8) is 0 Å². The van der Waals surface area contributed by atoms with E-state index in [0.717, 1.165) is 17.2 Å². The Morgan fingerprint density at radius 3 is 2.62 bits per heavy atom. The molecule has 24 heavy (non-hydrogen) atoms. The van der Waals surface area contributed by atoms with Gasteiger partial charge in [-0.15, -0.1) is 0 Å². The second-order valence-corrected chi connectivity index (χ2v) is 6.96. The van der Waals surface area contributed by atoms with Crippen molar-refractivity contribution in [2.24, 2.45) is 0 Å². The van der Waals surface area contributed by atoms with Crippen LogP contribution in [0.4, 0.5) is 4.39 Å². The zero-order valence-electron chi connectivity index (χ0n) is 12.6. The van der Waals surface area contributed by atoms with Gasteiger partial charge in [0.1, 0.15) is 18.5 Å². The number of hydrogen-bond donors (Lipinski definition) is 1. The Balaban J connectivity index is 1.70. The molecule has 1 aromatic heterocycles. The predicted molar refractivity (Wildman–Crippen MR) is 86.0 cm³/mol. The molecule has 0 spiro atoms. The van der Waals surface area contributed by atoms with Crippen molar-refractivity contribution in [3.05, 3.63) is 78.1 Å². The maximum absolute atomic E-state index is 13.2. The first-order valence-electron chi connectivity index (χ1n) is 7.18. The van der Waals surface area contributed by atoms with Crippen LogP contribution in [0.25, 0.3) is 0 Å². The summed E-state index contributed by atoms with van der Waals surface area (Å²) in [6.45, 7) is 0.661. The van der Waals surface area contributed by atoms with Crippen LogP contribution < -0.4 is 4.72 Å². The standard InChI is InChI=1S/C16H15FN4O2S/c17-15-5-2-6-16(8-15)24(22,23)20-9-13-3-1-4-14(7-13)10-21-12-18-11-19-21/h1-8,11-12,20H,9-10H2. The summed E-state index contributed by atoms with van der Waals surface area (Å²) in [7, 11) is -3.76. The Morgan fingerprint density at radius 2 is 1.88 bits per heavy atom. The van der Waals surface area contributed by atoms with Gasteiger partial charge in [0.15, 0.2) is 0 Å². The van der Waals surface area contributed by atoms with Crippen LogP contribution in [0.5, 0.6) is 0 Å². The first-order valence-corrected chi connectivity index (χ1v) is 8.67. The monoisotopic (exact) mass is 346 g/mol. The summed E-state index contributed by atoms with van der Waals surface area (Å²) in [6, 6.07) is 12.4. The van der Waals surface area contributed by atoms with Crippen molar-refractivity contribution < 1.29 is 12.8 Å². The summed E-state index contributed by atoms with van der Waals surface area (Å²) in [5.41, 5.74) is 1.77. The summed E-state index contributed by atoms with van der Waals surface area (Å²) in [5, 5.41) is 4.03. The van der Waals surface area contributed by atoms with Crippen molar-refractivity contribution in [3.8, 4) is 0 Å². The molecule has 0 aliphatic carbocycles. The maximum atomic E-state index is 13.2. The van der Waals surface area contributed by atoms with Crippen LogP contribution in [-0.4, -0.2) is 23.2 Å². The van der Waals surface area contributed by atoms with Crippen molar-refractivity contribution in [1.29, 1.82) is 0 Å². The molecule has 8 heteroatoms. The molecule has 0 bridgehead atoms. The van der Waals surface area contributed by atoms with Gasteiger partial charge in [-0.2, -0.15) is 5.10 Å². The molecule has 0 saturated carbocycles. The van der Waals surface area contributed by atoms with Crippen molar-refractivity contribution >= 4 is 10.0 Å². The van der Waals surface area contributed by atoms with Crippen molar-refractivity contribution in [2.45, 2.75) is 18.0 Å². The molecule has 0 atom stereocenters. The molecule has 1 heterocycles. The molecule has 0 saturated heterocycles. The highest BCUT2D eigenvalue weighted by molar-refractivity contribution is 7.89. The third kappa shape index (κ3) is 4.03. The number of sulfonamides is 1. The Kier molecular flexibility index (Phi) is 4.68. The normalized spacial score (nSPS) is 11.5. The largest absolute Gasteiger partial charge is 0.249 e. The van der Waals surface area contributed by atoms with E-state index in [2.05, 4.69) is 14.8 Å². The van der Waals surface area contributed by atoms with E-state index in [1.54, 1.807) is 11.0 Å². The van der Waals surface area contributed by atoms with E-state index in [-0.39, 0.29) is 11.4 Å². The van der Waals surface area contributed by atoms with E-state index < -0.39 is 15.8 Å². The minimum absolute atomic E-state index is 0.0960. The highest BCUT2D eigenvalue weighted by Crippen LogP contribution is 2.12. The zero-order valence-corrected chi connectivity index (χ0v) is 13.4. The molecule has 1 N–H and O–H groups in total. The average molecular weight is 346 g/mol. The SMILES string of the molecule is O=S(=O)(NCc1cccc(Cn2cncn2)c1)c1cccc(F)c1. The molecule has 0 radical (unpaired) electrons. The fourth-order valence-electron chi connectivity index (χ4n) is 2.24. The number of aromatic nitrogens is 3. The summed E-state index contributed by atoms with van der Waals surface area (Å²) < 4.78 is 41.7. The predicted octanol–water partition coefficient (Wildman–Crippen LogP) is 1.94. The summed E-state index contributed by atoms with van der Waals surface area (Å²) in [5.74, 6) is -0.590. The van der Waals surface area contributed by atoms with Gasteiger partial charge in [-0.25, -0.2) is 27.2 Å². The van der Waals surface area contributed by atoms with Crippen molar-refractivity contribution in [2.75, 3.05) is 0 Å². The minimum atomic E-state index is -3.76. The summed E-state index contributed by atoms with van der Waals surface area (Å²) in [6.07, 6.45) is 3.07. The second kappa shape index (κ2) is 6.90. The minimum Gasteiger partial charge on any atom is -0.249 e. The molecular formula is C16H15FN4O2S. The maximum Gasteiger partial charge on any atom is 0.240 e. The molecule has 0 fully saturated rings. The lowest BCUT2D eigenvalue weighted by Gasteiger charge is -2.08. The van der Waals surface area contributed by atoms with E-state index in [9.17, 15) is 12.8 Å². The molecule has 0 amide bonds. The second-order valence-electron chi connectivity index (χ2n) is 5.19. The number of benzene rings is 2. The van der Waals surface area contributed by atoms with Crippen LogP contribution in [0.1, 0.15) is 11.1 Å². The van der Waals surface area contributed by atoms with Gasteiger partial charge in [-0.1, -0.05) is 30.3 Å². The number of rotatable bonds is 6. The van der Waals surface area contributed by atoms with Crippen LogP contribution in [0.15, 0.2) is 66.1 Å². The summed E-state index contributed by atoms with van der Waals surface area (Å²) >= 11 is 0. The third-order valence-electron chi connectivity index (χ3n) is 3.38. The van der Waals surface area contributed by atoms with E-state index >= 15 is 0 Å². The first-order chi connectivity index (χ1) is 11.5. The highest BCUT2D eigenvalue weighted by Gasteiger charge is 2.14. The molecular weight excluding hydrogens is 331 g/mol. The Bertz CT molecular complexity index is 927.